The predicted octanol–water partition coefficient (Wildman–Crippen LogP) is 2.70. The number of hydrogen-bond donors (Lipinski definition) is 3. The number of nitrogens with zero attached hydrogens (tertiary/aromatic N) is 2. The number of amides is 1. The number of fused-ring (bicyclic) bond motifs is 1. The molecule has 27 heavy (non-hydrogen) atoms. The summed E-state index contributed by atoms with van der Waals surface area (Å²) in [6.45, 7) is 0.843. The molecule has 0 bridgehead atoms. The lowest BCUT2D eigenvalue weighted by Crippen LogP contribution is -2.36. The topological polar surface area (TPSA) is 95.7 Å². The molecule has 0 spiro atoms. The van der Waals surface area contributed by atoms with Gasteiger partial charge in [0.25, 0.3) is 5.91 Å². The summed E-state index contributed by atoms with van der Waals surface area (Å²) < 4.78 is 5.98. The molecule has 140 valence electrons. The highest BCUT2D eigenvalue weighted by atomic mass is 16.5. The zero-order valence-electron chi connectivity index (χ0n) is 15.6. The summed E-state index contributed by atoms with van der Waals surface area (Å²) in [6.07, 6.45) is 0. The van der Waals surface area contributed by atoms with E-state index in [9.17, 15) is 4.79 Å². The Morgan fingerprint density at radius 1 is 1.19 bits per heavy atom. The molecule has 7 heteroatoms. The molecular weight excluding hydrogens is 342 g/mol. The van der Waals surface area contributed by atoms with Gasteiger partial charge in [0.2, 0.25) is 0 Å². The second kappa shape index (κ2) is 7.92. The average molecular weight is 365 g/mol. The van der Waals surface area contributed by atoms with Crippen molar-refractivity contribution in [1.82, 2.24) is 15.2 Å². The van der Waals surface area contributed by atoms with Crippen LogP contribution in [0.2, 0.25) is 0 Å². The third kappa shape index (κ3) is 4.65. The van der Waals surface area contributed by atoms with Crippen molar-refractivity contribution in [3.05, 3.63) is 59.8 Å². The van der Waals surface area contributed by atoms with Crippen LogP contribution in [0.5, 0.6) is 11.5 Å². The zero-order valence-corrected chi connectivity index (χ0v) is 15.6. The van der Waals surface area contributed by atoms with Crippen molar-refractivity contribution in [2.45, 2.75) is 6.54 Å². The minimum atomic E-state index is -0.340. The molecule has 0 atom stereocenters. The van der Waals surface area contributed by atoms with Gasteiger partial charge in [-0.05, 0) is 50.0 Å². The number of carbonyl (C=O) groups excluding carboxylic acids is 1. The summed E-state index contributed by atoms with van der Waals surface area (Å²) >= 11 is 0. The predicted molar refractivity (Wildman–Crippen MR) is 107 cm³/mol. The van der Waals surface area contributed by atoms with E-state index in [1.807, 2.05) is 50.5 Å². The van der Waals surface area contributed by atoms with Gasteiger partial charge in [-0.15, -0.1) is 0 Å². The van der Waals surface area contributed by atoms with E-state index < -0.39 is 0 Å². The van der Waals surface area contributed by atoms with Crippen molar-refractivity contribution < 1.29 is 9.53 Å². The molecule has 0 aliphatic heterocycles. The Labute approximate surface area is 157 Å². The SMILES string of the molecule is CN=C(N)NC(=O)c1cc2ccc(Oc3cccc(CN(C)C)c3)cc2[nH]1. The van der Waals surface area contributed by atoms with Crippen LogP contribution >= 0.6 is 0 Å². The normalized spacial score (nSPS) is 11.8. The number of nitrogens with two attached hydrogens (primary N) is 1. The molecule has 0 radical (unpaired) electrons. The number of hydrogen-bond acceptors (Lipinski definition) is 4. The highest BCUT2D eigenvalue weighted by Gasteiger charge is 2.11. The summed E-state index contributed by atoms with van der Waals surface area (Å²) in [6, 6.07) is 15.4. The molecule has 0 saturated carbocycles. The van der Waals surface area contributed by atoms with Gasteiger partial charge in [0.1, 0.15) is 17.2 Å². The lowest BCUT2D eigenvalue weighted by atomic mass is 10.2. The van der Waals surface area contributed by atoms with Gasteiger partial charge in [0.05, 0.1) is 0 Å². The fourth-order valence-electron chi connectivity index (χ4n) is 2.74. The number of aromatic amines is 1. The summed E-state index contributed by atoms with van der Waals surface area (Å²) in [4.78, 5) is 21.0. The Bertz CT molecular complexity index is 991. The largest absolute Gasteiger partial charge is 0.457 e. The zero-order chi connectivity index (χ0) is 19.4. The van der Waals surface area contributed by atoms with Gasteiger partial charge >= 0.3 is 0 Å². The number of rotatable bonds is 5. The van der Waals surface area contributed by atoms with E-state index in [2.05, 4.69) is 26.3 Å². The number of carbonyl (C=O) groups is 1. The molecule has 0 aliphatic rings. The van der Waals surface area contributed by atoms with Crippen LogP contribution in [0, 0.1) is 0 Å². The minimum absolute atomic E-state index is 0.0697. The van der Waals surface area contributed by atoms with E-state index in [-0.39, 0.29) is 11.9 Å². The number of ether oxygens (including phenoxy) is 1. The van der Waals surface area contributed by atoms with Gasteiger partial charge in [-0.25, -0.2) is 0 Å². The van der Waals surface area contributed by atoms with Crippen LogP contribution in [0.25, 0.3) is 10.9 Å². The smallest absolute Gasteiger partial charge is 0.274 e. The first-order chi connectivity index (χ1) is 12.9. The third-order valence-corrected chi connectivity index (χ3v) is 3.95. The molecule has 1 heterocycles. The van der Waals surface area contributed by atoms with Crippen molar-refractivity contribution in [3.8, 4) is 11.5 Å². The summed E-state index contributed by atoms with van der Waals surface area (Å²) in [5.74, 6) is 1.19. The molecular formula is C20H23N5O2. The van der Waals surface area contributed by atoms with Crippen molar-refractivity contribution >= 4 is 22.8 Å². The number of benzene rings is 2. The van der Waals surface area contributed by atoms with Crippen molar-refractivity contribution in [1.29, 1.82) is 0 Å². The minimum Gasteiger partial charge on any atom is -0.457 e. The standard InChI is InChI=1S/C20H23N5O2/c1-22-20(21)24-19(26)18-10-14-7-8-16(11-17(14)23-18)27-15-6-4-5-13(9-15)12-25(2)3/h4-11,23H,12H2,1-3H3,(H3,21,22,24,26). The molecule has 1 aromatic heterocycles. The molecule has 3 aromatic rings. The molecule has 0 unspecified atom stereocenters. The maximum absolute atomic E-state index is 12.1. The lowest BCUT2D eigenvalue weighted by Gasteiger charge is -2.11. The third-order valence-electron chi connectivity index (χ3n) is 3.95. The van der Waals surface area contributed by atoms with Gasteiger partial charge < -0.3 is 20.4 Å². The molecule has 2 aromatic carbocycles. The number of aliphatic imine (C=N–C) groups is 1. The van der Waals surface area contributed by atoms with Gasteiger partial charge in [0, 0.05) is 30.6 Å². The van der Waals surface area contributed by atoms with Crippen molar-refractivity contribution in [2.75, 3.05) is 21.1 Å². The Hall–Kier alpha value is -3.32. The first-order valence-electron chi connectivity index (χ1n) is 8.52. The van der Waals surface area contributed by atoms with Crippen molar-refractivity contribution in [3.63, 3.8) is 0 Å². The van der Waals surface area contributed by atoms with E-state index in [0.717, 1.165) is 23.2 Å². The van der Waals surface area contributed by atoms with E-state index in [1.165, 1.54) is 12.6 Å². The Kier molecular flexibility index (Phi) is 5.42. The number of aromatic nitrogens is 1. The van der Waals surface area contributed by atoms with Crippen LogP contribution < -0.4 is 15.8 Å². The maximum atomic E-state index is 12.1. The van der Waals surface area contributed by atoms with Gasteiger partial charge in [-0.2, -0.15) is 0 Å². The Morgan fingerprint density at radius 3 is 2.70 bits per heavy atom. The van der Waals surface area contributed by atoms with Crippen LogP contribution in [0.3, 0.4) is 0 Å². The van der Waals surface area contributed by atoms with Crippen molar-refractivity contribution in [2.24, 2.45) is 10.7 Å². The monoisotopic (exact) mass is 365 g/mol. The van der Waals surface area contributed by atoms with Gasteiger partial charge in [-0.3, -0.25) is 15.1 Å². The fourth-order valence-corrected chi connectivity index (χ4v) is 2.74. The van der Waals surface area contributed by atoms with E-state index in [0.29, 0.717) is 11.4 Å². The van der Waals surface area contributed by atoms with Gasteiger partial charge in [0.15, 0.2) is 5.96 Å². The average Bonchev–Trinajstić information content (AvgIpc) is 3.05. The van der Waals surface area contributed by atoms with Crippen LogP contribution in [-0.2, 0) is 6.54 Å². The second-order valence-corrected chi connectivity index (χ2v) is 6.48. The molecule has 7 nitrogen and oxygen atoms in total. The van der Waals surface area contributed by atoms with Crippen LogP contribution in [0.15, 0.2) is 53.5 Å². The molecule has 0 fully saturated rings. The number of guanidine groups is 1. The lowest BCUT2D eigenvalue weighted by molar-refractivity contribution is 0.0972. The second-order valence-electron chi connectivity index (χ2n) is 6.48. The molecule has 1 amide bonds. The Balaban J connectivity index is 1.80. The summed E-state index contributed by atoms with van der Waals surface area (Å²) in [5, 5.41) is 3.41. The number of H-pyrrole nitrogens is 1. The van der Waals surface area contributed by atoms with Crippen LogP contribution in [0.1, 0.15) is 16.1 Å². The molecule has 0 saturated heterocycles. The molecule has 0 aliphatic carbocycles. The first-order valence-corrected chi connectivity index (χ1v) is 8.52. The maximum Gasteiger partial charge on any atom is 0.274 e. The summed E-state index contributed by atoms with van der Waals surface area (Å²) in [7, 11) is 5.57. The highest BCUT2D eigenvalue weighted by molar-refractivity contribution is 6.06. The first kappa shape index (κ1) is 18.5. The number of nitrogens with one attached hydrogen (secondary N) is 2. The van der Waals surface area contributed by atoms with Gasteiger partial charge in [-0.1, -0.05) is 12.1 Å². The quantitative estimate of drug-likeness (QED) is 0.478. The fraction of sp³-hybridized carbons (Fsp3) is 0.200. The summed E-state index contributed by atoms with van der Waals surface area (Å²) in [5.41, 5.74) is 7.92. The van der Waals surface area contributed by atoms with Crippen LogP contribution in [0.4, 0.5) is 0 Å². The van der Waals surface area contributed by atoms with E-state index in [1.54, 1.807) is 6.07 Å². The Morgan fingerprint density at radius 2 is 1.96 bits per heavy atom. The molecule has 4 N–H and O–H groups in total. The highest BCUT2D eigenvalue weighted by Crippen LogP contribution is 2.26. The van der Waals surface area contributed by atoms with Crippen LogP contribution in [-0.4, -0.2) is 42.9 Å². The molecule has 3 rings (SSSR count). The van der Waals surface area contributed by atoms with E-state index in [4.69, 9.17) is 10.5 Å². The van der Waals surface area contributed by atoms with E-state index >= 15 is 0 Å².